The largest absolute Gasteiger partial charge is 0.497 e. The van der Waals surface area contributed by atoms with Gasteiger partial charge in [0.1, 0.15) is 11.4 Å². The summed E-state index contributed by atoms with van der Waals surface area (Å²) in [5.41, 5.74) is 1.80. The number of anilines is 1. The van der Waals surface area contributed by atoms with Gasteiger partial charge in [0.2, 0.25) is 0 Å². The Labute approximate surface area is 167 Å². The van der Waals surface area contributed by atoms with Crippen LogP contribution in [0.4, 0.5) is 5.69 Å². The highest BCUT2D eigenvalue weighted by Crippen LogP contribution is 2.37. The lowest BCUT2D eigenvalue weighted by Gasteiger charge is -2.29. The number of imide groups is 1. The molecule has 2 heterocycles. The summed E-state index contributed by atoms with van der Waals surface area (Å²) in [5, 5.41) is 0.349. The minimum atomic E-state index is -0.384. The van der Waals surface area contributed by atoms with Gasteiger partial charge in [-0.25, -0.2) is 4.90 Å². The second kappa shape index (κ2) is 7.66. The van der Waals surface area contributed by atoms with E-state index in [0.29, 0.717) is 59.6 Å². The van der Waals surface area contributed by atoms with E-state index in [0.717, 1.165) is 4.90 Å². The summed E-state index contributed by atoms with van der Waals surface area (Å²) in [6, 6.07) is 14.0. The zero-order valence-corrected chi connectivity index (χ0v) is 16.1. The van der Waals surface area contributed by atoms with Crippen LogP contribution in [-0.4, -0.2) is 50.1 Å². The number of hydrogen-bond donors (Lipinski definition) is 0. The van der Waals surface area contributed by atoms with Crippen LogP contribution in [0.15, 0.2) is 54.2 Å². The fourth-order valence-electron chi connectivity index (χ4n) is 3.47. The maximum Gasteiger partial charge on any atom is 0.282 e. The van der Waals surface area contributed by atoms with E-state index < -0.39 is 0 Å². The molecule has 0 saturated carbocycles. The van der Waals surface area contributed by atoms with Crippen molar-refractivity contribution in [3.05, 3.63) is 64.8 Å². The van der Waals surface area contributed by atoms with Crippen LogP contribution in [0.2, 0.25) is 5.02 Å². The SMILES string of the molecule is COc1ccc(C2=C(N3CCOCC3)C(=O)N(c3ccccc3Cl)C2=O)cc1. The molecule has 0 bridgehead atoms. The second-order valence-corrected chi connectivity index (χ2v) is 6.86. The summed E-state index contributed by atoms with van der Waals surface area (Å²) in [6.45, 7) is 2.11. The topological polar surface area (TPSA) is 59.1 Å². The molecule has 0 aromatic heterocycles. The number of benzene rings is 2. The number of methoxy groups -OCH3 is 1. The molecule has 0 radical (unpaired) electrons. The minimum Gasteiger partial charge on any atom is -0.497 e. The predicted molar refractivity (Wildman–Crippen MR) is 106 cm³/mol. The van der Waals surface area contributed by atoms with Crippen LogP contribution in [-0.2, 0) is 14.3 Å². The Morgan fingerprint density at radius 3 is 2.29 bits per heavy atom. The van der Waals surface area contributed by atoms with Crippen LogP contribution in [0.25, 0.3) is 5.57 Å². The highest BCUT2D eigenvalue weighted by Gasteiger charge is 2.43. The molecule has 2 aromatic carbocycles. The first-order chi connectivity index (χ1) is 13.6. The molecule has 6 nitrogen and oxygen atoms in total. The molecule has 1 saturated heterocycles. The van der Waals surface area contributed by atoms with Crippen LogP contribution >= 0.6 is 11.6 Å². The lowest BCUT2D eigenvalue weighted by Crippen LogP contribution is -2.40. The highest BCUT2D eigenvalue weighted by molar-refractivity contribution is 6.47. The number of carbonyl (C=O) groups excluding carboxylic acids is 2. The summed E-state index contributed by atoms with van der Waals surface area (Å²) in [7, 11) is 1.58. The van der Waals surface area contributed by atoms with Gasteiger partial charge in [-0.1, -0.05) is 35.9 Å². The minimum absolute atomic E-state index is 0.349. The smallest absolute Gasteiger partial charge is 0.282 e. The molecular weight excluding hydrogens is 380 g/mol. The Bertz CT molecular complexity index is 949. The van der Waals surface area contributed by atoms with Crippen molar-refractivity contribution in [2.24, 2.45) is 0 Å². The highest BCUT2D eigenvalue weighted by atomic mass is 35.5. The lowest BCUT2D eigenvalue weighted by atomic mass is 10.0. The van der Waals surface area contributed by atoms with E-state index in [2.05, 4.69) is 0 Å². The third-order valence-electron chi connectivity index (χ3n) is 4.86. The Balaban J connectivity index is 1.83. The van der Waals surface area contributed by atoms with Gasteiger partial charge in [-0.2, -0.15) is 0 Å². The zero-order chi connectivity index (χ0) is 19.7. The Hall–Kier alpha value is -2.83. The molecule has 2 amide bonds. The normalized spacial score (nSPS) is 17.5. The fourth-order valence-corrected chi connectivity index (χ4v) is 3.69. The predicted octanol–water partition coefficient (Wildman–Crippen LogP) is 2.97. The average molecular weight is 399 g/mol. The summed E-state index contributed by atoms with van der Waals surface area (Å²) in [6.07, 6.45) is 0. The van der Waals surface area contributed by atoms with Gasteiger partial charge in [-0.05, 0) is 29.8 Å². The molecule has 0 atom stereocenters. The molecule has 28 heavy (non-hydrogen) atoms. The number of morpholine rings is 1. The number of carbonyl (C=O) groups is 2. The van der Waals surface area contributed by atoms with Gasteiger partial charge in [0.15, 0.2) is 0 Å². The van der Waals surface area contributed by atoms with Crippen molar-refractivity contribution in [1.29, 1.82) is 0 Å². The Morgan fingerprint density at radius 1 is 0.964 bits per heavy atom. The zero-order valence-electron chi connectivity index (χ0n) is 15.4. The molecule has 144 valence electrons. The third-order valence-corrected chi connectivity index (χ3v) is 5.18. The summed E-state index contributed by atoms with van der Waals surface area (Å²) < 4.78 is 10.6. The molecule has 0 N–H and O–H groups in total. The summed E-state index contributed by atoms with van der Waals surface area (Å²) in [4.78, 5) is 29.8. The van der Waals surface area contributed by atoms with Gasteiger partial charge in [0.05, 0.1) is 36.6 Å². The van der Waals surface area contributed by atoms with E-state index >= 15 is 0 Å². The van der Waals surface area contributed by atoms with Crippen LogP contribution in [0, 0.1) is 0 Å². The van der Waals surface area contributed by atoms with Gasteiger partial charge >= 0.3 is 0 Å². The lowest BCUT2D eigenvalue weighted by molar-refractivity contribution is -0.121. The van der Waals surface area contributed by atoms with Crippen molar-refractivity contribution in [3.63, 3.8) is 0 Å². The number of halogens is 1. The number of amides is 2. The Morgan fingerprint density at radius 2 is 1.64 bits per heavy atom. The summed E-state index contributed by atoms with van der Waals surface area (Å²) >= 11 is 6.29. The van der Waals surface area contributed by atoms with Crippen molar-refractivity contribution < 1.29 is 19.1 Å². The van der Waals surface area contributed by atoms with Gasteiger partial charge in [-0.15, -0.1) is 0 Å². The first-order valence-corrected chi connectivity index (χ1v) is 9.34. The summed E-state index contributed by atoms with van der Waals surface area (Å²) in [5.74, 6) is -0.0763. The number of nitrogens with zero attached hydrogens (tertiary/aromatic N) is 2. The molecule has 1 fully saturated rings. The third kappa shape index (κ3) is 3.15. The molecule has 0 aliphatic carbocycles. The van der Waals surface area contributed by atoms with Crippen molar-refractivity contribution in [2.45, 2.75) is 0 Å². The molecule has 4 rings (SSSR count). The average Bonchev–Trinajstić information content (AvgIpc) is 2.99. The van der Waals surface area contributed by atoms with Crippen LogP contribution in [0.3, 0.4) is 0 Å². The van der Waals surface area contributed by atoms with E-state index in [1.807, 2.05) is 4.90 Å². The first-order valence-electron chi connectivity index (χ1n) is 8.96. The molecule has 0 unspecified atom stereocenters. The van der Waals surface area contributed by atoms with E-state index in [1.54, 1.807) is 55.6 Å². The second-order valence-electron chi connectivity index (χ2n) is 6.45. The van der Waals surface area contributed by atoms with Crippen molar-refractivity contribution in [3.8, 4) is 5.75 Å². The van der Waals surface area contributed by atoms with Gasteiger partial charge in [0, 0.05) is 13.1 Å². The maximum absolute atomic E-state index is 13.4. The standard InChI is InChI=1S/C21H19ClN2O4/c1-27-15-8-6-14(7-9-15)18-19(23-10-12-28-13-11-23)21(26)24(20(18)25)17-5-3-2-4-16(17)22/h2-9H,10-13H2,1H3. The van der Waals surface area contributed by atoms with Crippen LogP contribution in [0.1, 0.15) is 5.56 Å². The van der Waals surface area contributed by atoms with Crippen molar-refractivity contribution in [1.82, 2.24) is 4.90 Å². The molecular formula is C21H19ClN2O4. The first kappa shape index (κ1) is 18.5. The molecule has 2 aromatic rings. The van der Waals surface area contributed by atoms with E-state index in [4.69, 9.17) is 21.1 Å². The van der Waals surface area contributed by atoms with Crippen molar-refractivity contribution in [2.75, 3.05) is 38.3 Å². The van der Waals surface area contributed by atoms with Gasteiger partial charge < -0.3 is 14.4 Å². The number of para-hydroxylation sites is 1. The quantitative estimate of drug-likeness (QED) is 0.741. The fraction of sp³-hybridized carbons (Fsp3) is 0.238. The number of rotatable bonds is 4. The monoisotopic (exact) mass is 398 g/mol. The molecule has 2 aliphatic rings. The van der Waals surface area contributed by atoms with Gasteiger partial charge in [-0.3, -0.25) is 9.59 Å². The number of ether oxygens (including phenoxy) is 2. The Kier molecular flexibility index (Phi) is 5.07. The van der Waals surface area contributed by atoms with Crippen molar-refractivity contribution >= 4 is 34.7 Å². The van der Waals surface area contributed by atoms with Crippen LogP contribution in [0.5, 0.6) is 5.75 Å². The van der Waals surface area contributed by atoms with Gasteiger partial charge in [0.25, 0.3) is 11.8 Å². The number of hydrogen-bond acceptors (Lipinski definition) is 5. The molecule has 0 spiro atoms. The maximum atomic E-state index is 13.4. The van der Waals surface area contributed by atoms with E-state index in [9.17, 15) is 9.59 Å². The van der Waals surface area contributed by atoms with Crippen LogP contribution < -0.4 is 9.64 Å². The molecule has 2 aliphatic heterocycles. The molecule has 7 heteroatoms. The van der Waals surface area contributed by atoms with E-state index in [1.165, 1.54) is 0 Å². The van der Waals surface area contributed by atoms with E-state index in [-0.39, 0.29) is 11.8 Å².